The Labute approximate surface area is 190 Å². The second-order valence-corrected chi connectivity index (χ2v) is 10.3. The van der Waals surface area contributed by atoms with Crippen molar-refractivity contribution in [2.24, 2.45) is 0 Å². The van der Waals surface area contributed by atoms with E-state index in [1.54, 1.807) is 0 Å². The molecule has 5 heteroatoms. The minimum atomic E-state index is -1.80. The molecule has 3 aromatic carbocycles. The Kier molecular flexibility index (Phi) is 9.40. The van der Waals surface area contributed by atoms with Gasteiger partial charge in [-0.15, -0.1) is 12.4 Å². The quantitative estimate of drug-likeness (QED) is 0.436. The first kappa shape index (κ1) is 24.3. The molecule has 0 spiro atoms. The molecule has 0 atom stereocenters. The maximum Gasteiger partial charge on any atom is 0.116 e. The lowest BCUT2D eigenvalue weighted by atomic mass is 10.3. The van der Waals surface area contributed by atoms with Gasteiger partial charge in [-0.2, -0.15) is 0 Å². The normalized spacial score (nSPS) is 10.2. The molecule has 0 saturated carbocycles. The SMILES string of the molecule is CC(=O)[O-].Cl.c1ccc([P+](Cc2ccncc2)(c2ccccc2)c2ccccc2)cc1. The minimum Gasteiger partial charge on any atom is -0.550 e. The summed E-state index contributed by atoms with van der Waals surface area (Å²) in [7, 11) is -1.80. The molecule has 0 saturated heterocycles. The Morgan fingerprint density at radius 3 is 1.35 bits per heavy atom. The number of carbonyl (C=O) groups is 1. The van der Waals surface area contributed by atoms with E-state index >= 15 is 0 Å². The van der Waals surface area contributed by atoms with Crippen LogP contribution in [0.4, 0.5) is 0 Å². The number of rotatable bonds is 5. The summed E-state index contributed by atoms with van der Waals surface area (Å²) in [5.41, 5.74) is 1.32. The largest absolute Gasteiger partial charge is 0.550 e. The number of nitrogens with zero attached hydrogens (tertiary/aromatic N) is 1. The molecule has 158 valence electrons. The smallest absolute Gasteiger partial charge is 0.116 e. The Hall–Kier alpha value is -3.00. The first-order valence-electron chi connectivity index (χ1n) is 9.74. The predicted molar refractivity (Wildman–Crippen MR) is 131 cm³/mol. The van der Waals surface area contributed by atoms with Gasteiger partial charge in [0.1, 0.15) is 23.2 Å². The third-order valence-electron chi connectivity index (χ3n) is 4.76. The van der Waals surface area contributed by atoms with Crippen molar-refractivity contribution in [2.75, 3.05) is 0 Å². The van der Waals surface area contributed by atoms with Crippen LogP contribution in [0.3, 0.4) is 0 Å². The molecule has 0 amide bonds. The molecule has 0 unspecified atom stereocenters. The monoisotopic (exact) mass is 449 g/mol. The standard InChI is InChI=1S/C24H21NP.C2H4O2.ClH/c1-4-10-22(11-5-1)26(23-12-6-2-7-13-23,24-14-8-3-9-15-24)20-21-16-18-25-19-17-21;1-2(3)4;/h1-19H,20H2;1H3,(H,3,4);1H/q+1;;/p-1. The number of carbonyl (C=O) groups excluding carboxylic acids is 1. The first-order chi connectivity index (χ1) is 14.6. The maximum absolute atomic E-state index is 8.89. The molecule has 0 radical (unpaired) electrons. The summed E-state index contributed by atoms with van der Waals surface area (Å²) in [5.74, 6) is -1.08. The lowest BCUT2D eigenvalue weighted by Gasteiger charge is -2.27. The summed E-state index contributed by atoms with van der Waals surface area (Å²) < 4.78 is 0. The molecule has 4 aromatic rings. The van der Waals surface area contributed by atoms with Gasteiger partial charge in [0.15, 0.2) is 0 Å². The highest BCUT2D eigenvalue weighted by Crippen LogP contribution is 2.58. The van der Waals surface area contributed by atoms with E-state index in [9.17, 15) is 0 Å². The zero-order chi connectivity index (χ0) is 21.2. The highest BCUT2D eigenvalue weighted by Gasteiger charge is 2.45. The highest BCUT2D eigenvalue weighted by molar-refractivity contribution is 7.95. The summed E-state index contributed by atoms with van der Waals surface area (Å²) in [4.78, 5) is 13.1. The van der Waals surface area contributed by atoms with Crippen molar-refractivity contribution in [3.63, 3.8) is 0 Å². The number of pyridine rings is 1. The van der Waals surface area contributed by atoms with Crippen LogP contribution in [0.15, 0.2) is 116 Å². The number of aliphatic carboxylic acids is 1. The fraction of sp³-hybridized carbons (Fsp3) is 0.0769. The van der Waals surface area contributed by atoms with E-state index in [0.29, 0.717) is 0 Å². The van der Waals surface area contributed by atoms with Crippen molar-refractivity contribution in [1.82, 2.24) is 4.98 Å². The van der Waals surface area contributed by atoms with Gasteiger partial charge in [0.25, 0.3) is 0 Å². The number of halogens is 1. The van der Waals surface area contributed by atoms with E-state index in [2.05, 4.69) is 108 Å². The van der Waals surface area contributed by atoms with Crippen LogP contribution in [0.1, 0.15) is 12.5 Å². The Morgan fingerprint density at radius 2 is 1.03 bits per heavy atom. The van der Waals surface area contributed by atoms with Gasteiger partial charge in [0.05, 0.1) is 6.16 Å². The average molecular weight is 450 g/mol. The third kappa shape index (κ3) is 6.24. The van der Waals surface area contributed by atoms with Crippen molar-refractivity contribution in [3.8, 4) is 0 Å². The number of hydrogen-bond donors (Lipinski definition) is 0. The van der Waals surface area contributed by atoms with Crippen LogP contribution in [0, 0.1) is 0 Å². The van der Waals surface area contributed by atoms with E-state index < -0.39 is 13.2 Å². The highest BCUT2D eigenvalue weighted by atomic mass is 35.5. The molecule has 0 aliphatic carbocycles. The van der Waals surface area contributed by atoms with Gasteiger partial charge >= 0.3 is 0 Å². The zero-order valence-corrected chi connectivity index (χ0v) is 19.0. The summed E-state index contributed by atoms with van der Waals surface area (Å²) >= 11 is 0. The molecule has 0 bridgehead atoms. The topological polar surface area (TPSA) is 53.0 Å². The summed E-state index contributed by atoms with van der Waals surface area (Å²) in [6.07, 6.45) is 4.78. The number of benzene rings is 3. The molecule has 1 aromatic heterocycles. The van der Waals surface area contributed by atoms with Crippen LogP contribution >= 0.6 is 19.7 Å². The second-order valence-electron chi connectivity index (χ2n) is 6.82. The van der Waals surface area contributed by atoms with E-state index in [4.69, 9.17) is 9.90 Å². The molecular weight excluding hydrogens is 425 g/mol. The average Bonchev–Trinajstić information content (AvgIpc) is 2.80. The van der Waals surface area contributed by atoms with Gasteiger partial charge < -0.3 is 9.90 Å². The van der Waals surface area contributed by atoms with Gasteiger partial charge in [-0.3, -0.25) is 4.98 Å². The fourth-order valence-electron chi connectivity index (χ4n) is 3.53. The number of aromatic nitrogens is 1. The van der Waals surface area contributed by atoms with Gasteiger partial charge in [0, 0.05) is 18.4 Å². The molecule has 0 N–H and O–H groups in total. The minimum absolute atomic E-state index is 0. The summed E-state index contributed by atoms with van der Waals surface area (Å²) in [6.45, 7) is 0.972. The van der Waals surface area contributed by atoms with E-state index in [1.807, 2.05) is 12.4 Å². The maximum atomic E-state index is 8.89. The Bertz CT molecular complexity index is 945. The molecule has 0 aliphatic heterocycles. The summed E-state index contributed by atoms with van der Waals surface area (Å²) in [5, 5.41) is 13.1. The van der Waals surface area contributed by atoms with Crippen LogP contribution in [0.5, 0.6) is 0 Å². The van der Waals surface area contributed by atoms with Crippen molar-refractivity contribution < 1.29 is 9.90 Å². The van der Waals surface area contributed by atoms with E-state index in [1.165, 1.54) is 21.5 Å². The zero-order valence-electron chi connectivity index (χ0n) is 17.3. The number of carboxylic acid groups (broad SMARTS) is 1. The van der Waals surface area contributed by atoms with Crippen LogP contribution in [0.2, 0.25) is 0 Å². The van der Waals surface area contributed by atoms with Crippen LogP contribution in [0.25, 0.3) is 0 Å². The Morgan fingerprint density at radius 1 is 0.710 bits per heavy atom. The Balaban J connectivity index is 0.000000631. The van der Waals surface area contributed by atoms with Crippen molar-refractivity contribution in [3.05, 3.63) is 121 Å². The molecule has 4 rings (SSSR count). The molecule has 0 aliphatic rings. The number of carboxylic acids is 1. The van der Waals surface area contributed by atoms with Crippen LogP contribution in [-0.4, -0.2) is 11.0 Å². The first-order valence-corrected chi connectivity index (χ1v) is 11.7. The fourth-order valence-corrected chi connectivity index (χ4v) is 7.77. The van der Waals surface area contributed by atoms with E-state index in [0.717, 1.165) is 13.1 Å². The van der Waals surface area contributed by atoms with Gasteiger partial charge in [0.2, 0.25) is 0 Å². The van der Waals surface area contributed by atoms with Crippen LogP contribution in [-0.2, 0) is 11.0 Å². The molecule has 31 heavy (non-hydrogen) atoms. The predicted octanol–water partition coefficient (Wildman–Crippen LogP) is 3.75. The molecule has 0 fully saturated rings. The van der Waals surface area contributed by atoms with Crippen molar-refractivity contribution in [1.29, 1.82) is 0 Å². The number of hydrogen-bond acceptors (Lipinski definition) is 3. The molecular formula is C26H25ClNO2P. The second kappa shape index (κ2) is 12.0. The van der Waals surface area contributed by atoms with Gasteiger partial charge in [-0.05, 0) is 61.0 Å². The van der Waals surface area contributed by atoms with E-state index in [-0.39, 0.29) is 12.4 Å². The van der Waals surface area contributed by atoms with Gasteiger partial charge in [-0.25, -0.2) is 0 Å². The summed E-state index contributed by atoms with van der Waals surface area (Å²) in [6, 6.07) is 37.2. The van der Waals surface area contributed by atoms with Gasteiger partial charge in [-0.1, -0.05) is 54.6 Å². The van der Waals surface area contributed by atoms with Crippen LogP contribution < -0.4 is 21.0 Å². The molecule has 3 nitrogen and oxygen atoms in total. The molecule has 1 heterocycles. The third-order valence-corrected chi connectivity index (χ3v) is 9.14. The lowest BCUT2D eigenvalue weighted by Crippen LogP contribution is -2.32. The van der Waals surface area contributed by atoms with Crippen molar-refractivity contribution >= 4 is 41.6 Å². The lowest BCUT2D eigenvalue weighted by molar-refractivity contribution is -0.302. The van der Waals surface area contributed by atoms with Crippen molar-refractivity contribution in [2.45, 2.75) is 13.1 Å².